The Balaban J connectivity index is 1.73. The lowest BCUT2D eigenvalue weighted by Gasteiger charge is -2.25. The highest BCUT2D eigenvalue weighted by Crippen LogP contribution is 2.29. The van der Waals surface area contributed by atoms with E-state index in [4.69, 9.17) is 4.42 Å². The van der Waals surface area contributed by atoms with E-state index < -0.39 is 9.84 Å². The summed E-state index contributed by atoms with van der Waals surface area (Å²) in [5, 5.41) is 2.99. The van der Waals surface area contributed by atoms with Crippen LogP contribution >= 0.6 is 0 Å². The van der Waals surface area contributed by atoms with Crippen molar-refractivity contribution < 1.29 is 17.6 Å². The van der Waals surface area contributed by atoms with Crippen molar-refractivity contribution in [2.75, 3.05) is 6.26 Å². The van der Waals surface area contributed by atoms with Gasteiger partial charge in [0.05, 0.1) is 6.04 Å². The predicted molar refractivity (Wildman–Crippen MR) is 86.8 cm³/mol. The van der Waals surface area contributed by atoms with Crippen LogP contribution in [0.25, 0.3) is 0 Å². The quantitative estimate of drug-likeness (QED) is 0.933. The van der Waals surface area contributed by atoms with Crippen LogP contribution in [0.2, 0.25) is 0 Å². The minimum Gasteiger partial charge on any atom is -0.455 e. The second-order valence-electron chi connectivity index (χ2n) is 5.95. The summed E-state index contributed by atoms with van der Waals surface area (Å²) in [5.41, 5.74) is 2.41. The summed E-state index contributed by atoms with van der Waals surface area (Å²) in [6, 6.07) is 11.1. The minimum absolute atomic E-state index is 0.0316. The molecule has 5 nitrogen and oxygen atoms in total. The van der Waals surface area contributed by atoms with Crippen LogP contribution < -0.4 is 5.32 Å². The molecule has 0 fully saturated rings. The summed E-state index contributed by atoms with van der Waals surface area (Å²) >= 11 is 0. The van der Waals surface area contributed by atoms with E-state index in [1.165, 1.54) is 17.7 Å². The molecule has 0 aliphatic heterocycles. The Bertz CT molecular complexity index is 823. The molecule has 1 aromatic heterocycles. The molecule has 1 aliphatic carbocycles. The number of nitrogens with one attached hydrogen (secondary N) is 1. The molecule has 1 amide bonds. The fraction of sp³-hybridized carbons (Fsp3) is 0.353. The van der Waals surface area contributed by atoms with E-state index in [-0.39, 0.29) is 29.2 Å². The number of benzene rings is 1. The third kappa shape index (κ3) is 3.82. The van der Waals surface area contributed by atoms with Gasteiger partial charge in [-0.15, -0.1) is 0 Å². The van der Waals surface area contributed by atoms with Crippen molar-refractivity contribution in [1.82, 2.24) is 5.32 Å². The highest BCUT2D eigenvalue weighted by atomic mass is 32.2. The van der Waals surface area contributed by atoms with Crippen LogP contribution in [0.5, 0.6) is 0 Å². The number of amides is 1. The summed E-state index contributed by atoms with van der Waals surface area (Å²) in [4.78, 5) is 12.3. The smallest absolute Gasteiger partial charge is 0.287 e. The number of aryl methyl sites for hydroxylation is 1. The van der Waals surface area contributed by atoms with E-state index in [9.17, 15) is 13.2 Å². The molecule has 1 aromatic carbocycles. The van der Waals surface area contributed by atoms with Gasteiger partial charge >= 0.3 is 0 Å². The van der Waals surface area contributed by atoms with E-state index in [1.807, 2.05) is 18.2 Å². The molecule has 0 saturated carbocycles. The van der Waals surface area contributed by atoms with Gasteiger partial charge in [0.1, 0.15) is 11.5 Å². The maximum Gasteiger partial charge on any atom is 0.287 e. The molecule has 2 aromatic rings. The Kier molecular flexibility index (Phi) is 4.26. The number of carbonyl (C=O) groups is 1. The first-order valence-electron chi connectivity index (χ1n) is 7.57. The van der Waals surface area contributed by atoms with Gasteiger partial charge in [-0.2, -0.15) is 0 Å². The minimum atomic E-state index is -3.18. The molecule has 1 unspecified atom stereocenters. The Morgan fingerprint density at radius 3 is 2.83 bits per heavy atom. The molecule has 1 aliphatic rings. The highest BCUT2D eigenvalue weighted by molar-refractivity contribution is 7.89. The number of sulfone groups is 1. The fourth-order valence-electron chi connectivity index (χ4n) is 2.97. The van der Waals surface area contributed by atoms with Crippen LogP contribution in [0, 0.1) is 0 Å². The van der Waals surface area contributed by atoms with Gasteiger partial charge in [-0.1, -0.05) is 24.3 Å². The number of hydrogen-bond donors (Lipinski definition) is 1. The van der Waals surface area contributed by atoms with Gasteiger partial charge in [-0.3, -0.25) is 4.79 Å². The van der Waals surface area contributed by atoms with Gasteiger partial charge in [-0.25, -0.2) is 8.42 Å². The van der Waals surface area contributed by atoms with E-state index in [0.29, 0.717) is 0 Å². The maximum atomic E-state index is 12.3. The van der Waals surface area contributed by atoms with Gasteiger partial charge in [0, 0.05) is 6.26 Å². The molecule has 1 N–H and O–H groups in total. The second-order valence-corrected chi connectivity index (χ2v) is 8.09. The predicted octanol–water partition coefficient (Wildman–Crippen LogP) is 2.63. The van der Waals surface area contributed by atoms with Crippen molar-refractivity contribution in [3.05, 3.63) is 59.0 Å². The lowest BCUT2D eigenvalue weighted by molar-refractivity contribution is 0.0903. The summed E-state index contributed by atoms with van der Waals surface area (Å²) < 4.78 is 27.9. The van der Waals surface area contributed by atoms with Crippen LogP contribution in [-0.2, 0) is 22.0 Å². The maximum absolute atomic E-state index is 12.3. The largest absolute Gasteiger partial charge is 0.455 e. The van der Waals surface area contributed by atoms with Crippen molar-refractivity contribution >= 4 is 15.7 Å². The first kappa shape index (κ1) is 15.8. The van der Waals surface area contributed by atoms with Gasteiger partial charge in [-0.05, 0) is 42.5 Å². The standard InChI is InChI=1S/C17H19NO4S/c1-23(20,21)11-13-9-10-16(22-13)17(19)18-15-8-4-6-12-5-2-3-7-14(12)15/h2-3,5,7,9-10,15H,4,6,8,11H2,1H3,(H,18,19). The van der Waals surface area contributed by atoms with Gasteiger partial charge < -0.3 is 9.73 Å². The lowest BCUT2D eigenvalue weighted by Crippen LogP contribution is -2.30. The van der Waals surface area contributed by atoms with Crippen molar-refractivity contribution in [2.45, 2.75) is 31.1 Å². The van der Waals surface area contributed by atoms with Gasteiger partial charge in [0.25, 0.3) is 5.91 Å². The van der Waals surface area contributed by atoms with E-state index in [2.05, 4.69) is 11.4 Å². The number of hydrogen-bond acceptors (Lipinski definition) is 4. The van der Waals surface area contributed by atoms with Crippen LogP contribution in [0.3, 0.4) is 0 Å². The Morgan fingerprint density at radius 1 is 1.26 bits per heavy atom. The SMILES string of the molecule is CS(=O)(=O)Cc1ccc(C(=O)NC2CCCc3ccccc32)o1. The first-order valence-corrected chi connectivity index (χ1v) is 9.63. The van der Waals surface area contributed by atoms with E-state index in [1.54, 1.807) is 0 Å². The Morgan fingerprint density at radius 2 is 2.04 bits per heavy atom. The molecular formula is C17H19NO4S. The van der Waals surface area contributed by atoms with Crippen LogP contribution in [0.1, 0.15) is 46.3 Å². The lowest BCUT2D eigenvalue weighted by atomic mass is 9.88. The molecular weight excluding hydrogens is 314 g/mol. The third-order valence-corrected chi connectivity index (χ3v) is 4.77. The zero-order chi connectivity index (χ0) is 16.4. The van der Waals surface area contributed by atoms with E-state index >= 15 is 0 Å². The Labute approximate surface area is 135 Å². The monoisotopic (exact) mass is 333 g/mol. The van der Waals surface area contributed by atoms with Gasteiger partial charge in [0.15, 0.2) is 15.6 Å². The van der Waals surface area contributed by atoms with Crippen molar-refractivity contribution in [1.29, 1.82) is 0 Å². The topological polar surface area (TPSA) is 76.4 Å². The average molecular weight is 333 g/mol. The summed E-state index contributed by atoms with van der Waals surface area (Å²) in [6.45, 7) is 0. The van der Waals surface area contributed by atoms with Crippen LogP contribution in [-0.4, -0.2) is 20.6 Å². The molecule has 3 rings (SSSR count). The van der Waals surface area contributed by atoms with Crippen LogP contribution in [0.4, 0.5) is 0 Å². The normalized spacial score (nSPS) is 17.5. The summed E-state index contributed by atoms with van der Waals surface area (Å²) in [5.74, 6) is -0.0909. The number of rotatable bonds is 4. The Hall–Kier alpha value is -2.08. The van der Waals surface area contributed by atoms with E-state index in [0.717, 1.165) is 31.1 Å². The molecule has 0 saturated heterocycles. The highest BCUT2D eigenvalue weighted by Gasteiger charge is 2.23. The molecule has 0 spiro atoms. The molecule has 1 heterocycles. The van der Waals surface area contributed by atoms with Gasteiger partial charge in [0.2, 0.25) is 0 Å². The average Bonchev–Trinajstić information content (AvgIpc) is 2.94. The van der Waals surface area contributed by atoms with Crippen LogP contribution in [0.15, 0.2) is 40.8 Å². The number of fused-ring (bicyclic) bond motifs is 1. The van der Waals surface area contributed by atoms with Crippen molar-refractivity contribution in [2.24, 2.45) is 0 Å². The molecule has 0 radical (unpaired) electrons. The fourth-order valence-corrected chi connectivity index (χ4v) is 3.64. The molecule has 122 valence electrons. The molecule has 0 bridgehead atoms. The summed E-state index contributed by atoms with van der Waals surface area (Å²) in [6.07, 6.45) is 4.08. The zero-order valence-corrected chi connectivity index (χ0v) is 13.7. The molecule has 1 atom stereocenters. The summed E-state index contributed by atoms with van der Waals surface area (Å²) in [7, 11) is -3.18. The molecule has 23 heavy (non-hydrogen) atoms. The zero-order valence-electron chi connectivity index (χ0n) is 12.9. The number of furan rings is 1. The first-order chi connectivity index (χ1) is 10.9. The number of carbonyl (C=O) groups excluding carboxylic acids is 1. The molecule has 6 heteroatoms. The third-order valence-electron chi connectivity index (χ3n) is 3.96. The second kappa shape index (κ2) is 6.20. The van der Waals surface area contributed by atoms with Crippen molar-refractivity contribution in [3.63, 3.8) is 0 Å². The van der Waals surface area contributed by atoms with Crippen molar-refractivity contribution in [3.8, 4) is 0 Å².